The molecular weight excluding hydrogens is 300 g/mol. The number of carbonyl (C=O) groups is 1. The molecule has 1 atom stereocenters. The van der Waals surface area contributed by atoms with Gasteiger partial charge in [-0.2, -0.15) is 0 Å². The van der Waals surface area contributed by atoms with Crippen LogP contribution in [0.4, 0.5) is 0 Å². The van der Waals surface area contributed by atoms with Gasteiger partial charge in [-0.1, -0.05) is 25.5 Å². The van der Waals surface area contributed by atoms with E-state index in [1.54, 1.807) is 7.11 Å². The number of piperidine rings is 1. The third-order valence-corrected chi connectivity index (χ3v) is 4.99. The highest BCUT2D eigenvalue weighted by Crippen LogP contribution is 2.20. The van der Waals surface area contributed by atoms with Crippen molar-refractivity contribution in [2.75, 3.05) is 26.7 Å². The van der Waals surface area contributed by atoms with Crippen molar-refractivity contribution in [2.24, 2.45) is 0 Å². The number of methoxy groups -OCH3 is 1. The molecule has 134 valence electrons. The molecule has 1 amide bonds. The van der Waals surface area contributed by atoms with Gasteiger partial charge < -0.3 is 15.0 Å². The molecule has 0 spiro atoms. The topological polar surface area (TPSA) is 41.6 Å². The van der Waals surface area contributed by atoms with Crippen molar-refractivity contribution in [1.82, 2.24) is 10.2 Å². The van der Waals surface area contributed by atoms with Crippen LogP contribution in [-0.4, -0.2) is 43.6 Å². The molecule has 1 aromatic carbocycles. The summed E-state index contributed by atoms with van der Waals surface area (Å²) in [7, 11) is 1.67. The lowest BCUT2D eigenvalue weighted by Gasteiger charge is -2.35. The van der Waals surface area contributed by atoms with Crippen LogP contribution in [0.15, 0.2) is 18.2 Å². The van der Waals surface area contributed by atoms with Crippen molar-refractivity contribution < 1.29 is 9.53 Å². The van der Waals surface area contributed by atoms with Crippen molar-refractivity contribution in [3.8, 4) is 5.75 Å². The number of carbonyl (C=O) groups excluding carboxylic acids is 1. The Morgan fingerprint density at radius 1 is 1.38 bits per heavy atom. The van der Waals surface area contributed by atoms with Gasteiger partial charge in [0.1, 0.15) is 5.75 Å². The fourth-order valence-corrected chi connectivity index (χ4v) is 3.63. The van der Waals surface area contributed by atoms with Crippen LogP contribution in [-0.2, 0) is 11.2 Å². The maximum Gasteiger partial charge on any atom is 0.224 e. The van der Waals surface area contributed by atoms with Crippen LogP contribution in [0.5, 0.6) is 5.75 Å². The van der Waals surface area contributed by atoms with Gasteiger partial charge in [-0.25, -0.2) is 0 Å². The second kappa shape index (κ2) is 9.67. The van der Waals surface area contributed by atoms with E-state index in [-0.39, 0.29) is 5.91 Å². The second-order valence-corrected chi connectivity index (χ2v) is 6.78. The molecule has 2 rings (SSSR count). The molecule has 0 saturated carbocycles. The number of benzene rings is 1. The van der Waals surface area contributed by atoms with Crippen LogP contribution in [0.25, 0.3) is 0 Å². The Bertz CT molecular complexity index is 530. The smallest absolute Gasteiger partial charge is 0.224 e. The largest absolute Gasteiger partial charge is 0.496 e. The molecule has 1 aliphatic rings. The Balaban J connectivity index is 1.68. The molecule has 0 aromatic heterocycles. The molecular formula is C20H32N2O2. The summed E-state index contributed by atoms with van der Waals surface area (Å²) in [5.74, 6) is 0.969. The van der Waals surface area contributed by atoms with E-state index in [0.29, 0.717) is 6.42 Å². The van der Waals surface area contributed by atoms with E-state index >= 15 is 0 Å². The van der Waals surface area contributed by atoms with Crippen LogP contribution >= 0.6 is 0 Å². The Morgan fingerprint density at radius 3 is 2.92 bits per heavy atom. The van der Waals surface area contributed by atoms with Crippen molar-refractivity contribution >= 4 is 5.91 Å². The van der Waals surface area contributed by atoms with Crippen molar-refractivity contribution in [1.29, 1.82) is 0 Å². The zero-order valence-corrected chi connectivity index (χ0v) is 15.4. The standard InChI is InChI=1S/C20H32N2O2/c1-4-18-8-5-6-12-22(18)13-7-11-21-20(23)15-17-9-10-19(24-3)16(2)14-17/h9-10,14,18H,4-8,11-13,15H2,1-3H3,(H,21,23). The van der Waals surface area contributed by atoms with E-state index in [1.165, 1.54) is 32.2 Å². The second-order valence-electron chi connectivity index (χ2n) is 6.78. The number of aryl methyl sites for hydroxylation is 1. The zero-order valence-electron chi connectivity index (χ0n) is 15.4. The first-order valence-electron chi connectivity index (χ1n) is 9.28. The fraction of sp³-hybridized carbons (Fsp3) is 0.650. The average Bonchev–Trinajstić information content (AvgIpc) is 2.59. The lowest BCUT2D eigenvalue weighted by molar-refractivity contribution is -0.120. The number of ether oxygens (including phenoxy) is 1. The van der Waals surface area contributed by atoms with Gasteiger partial charge in [0.05, 0.1) is 13.5 Å². The quantitative estimate of drug-likeness (QED) is 0.743. The van der Waals surface area contributed by atoms with E-state index in [0.717, 1.165) is 42.4 Å². The zero-order chi connectivity index (χ0) is 17.4. The van der Waals surface area contributed by atoms with Gasteiger partial charge in [-0.3, -0.25) is 4.79 Å². The highest BCUT2D eigenvalue weighted by molar-refractivity contribution is 5.78. The van der Waals surface area contributed by atoms with Gasteiger partial charge in [0, 0.05) is 19.1 Å². The molecule has 1 heterocycles. The molecule has 1 saturated heterocycles. The average molecular weight is 332 g/mol. The molecule has 0 aliphatic carbocycles. The van der Waals surface area contributed by atoms with Crippen molar-refractivity contribution in [3.63, 3.8) is 0 Å². The number of amides is 1. The molecule has 1 fully saturated rings. The van der Waals surface area contributed by atoms with Crippen LogP contribution < -0.4 is 10.1 Å². The Morgan fingerprint density at radius 2 is 2.21 bits per heavy atom. The monoisotopic (exact) mass is 332 g/mol. The highest BCUT2D eigenvalue weighted by Gasteiger charge is 2.19. The molecule has 4 nitrogen and oxygen atoms in total. The minimum atomic E-state index is 0.102. The first-order chi connectivity index (χ1) is 11.6. The highest BCUT2D eigenvalue weighted by atomic mass is 16.5. The maximum atomic E-state index is 12.1. The Hall–Kier alpha value is -1.55. The number of nitrogens with zero attached hydrogens (tertiary/aromatic N) is 1. The summed E-state index contributed by atoms with van der Waals surface area (Å²) in [6.07, 6.45) is 6.73. The third-order valence-electron chi connectivity index (χ3n) is 4.99. The summed E-state index contributed by atoms with van der Waals surface area (Å²) in [5, 5.41) is 3.05. The van der Waals surface area contributed by atoms with Crippen molar-refractivity contribution in [2.45, 2.75) is 58.4 Å². The maximum absolute atomic E-state index is 12.1. The molecule has 4 heteroatoms. The van der Waals surface area contributed by atoms with E-state index in [4.69, 9.17) is 4.74 Å². The Labute approximate surface area is 146 Å². The van der Waals surface area contributed by atoms with Crippen molar-refractivity contribution in [3.05, 3.63) is 29.3 Å². The number of nitrogens with one attached hydrogen (secondary N) is 1. The third kappa shape index (κ3) is 5.52. The van der Waals surface area contributed by atoms with E-state index in [9.17, 15) is 4.79 Å². The summed E-state index contributed by atoms with van der Waals surface area (Å²) in [5.41, 5.74) is 2.10. The van der Waals surface area contributed by atoms with Gasteiger partial charge in [0.25, 0.3) is 0 Å². The predicted molar refractivity (Wildman–Crippen MR) is 98.6 cm³/mol. The fourth-order valence-electron chi connectivity index (χ4n) is 3.63. The minimum absolute atomic E-state index is 0.102. The van der Waals surface area contributed by atoms with Gasteiger partial charge in [-0.05, 0) is 56.3 Å². The van der Waals surface area contributed by atoms with E-state index in [2.05, 4.69) is 17.1 Å². The summed E-state index contributed by atoms with van der Waals surface area (Å²) >= 11 is 0. The lowest BCUT2D eigenvalue weighted by Crippen LogP contribution is -2.40. The molecule has 24 heavy (non-hydrogen) atoms. The van der Waals surface area contributed by atoms with Crippen LogP contribution in [0.1, 0.15) is 50.2 Å². The summed E-state index contributed by atoms with van der Waals surface area (Å²) in [4.78, 5) is 14.7. The van der Waals surface area contributed by atoms with Gasteiger partial charge >= 0.3 is 0 Å². The van der Waals surface area contributed by atoms with Gasteiger partial charge in [0.15, 0.2) is 0 Å². The Kier molecular flexibility index (Phi) is 7.57. The molecule has 1 N–H and O–H groups in total. The van der Waals surface area contributed by atoms with Gasteiger partial charge in [-0.15, -0.1) is 0 Å². The summed E-state index contributed by atoms with van der Waals surface area (Å²) in [6.45, 7) is 7.36. The molecule has 0 bridgehead atoms. The number of hydrogen-bond donors (Lipinski definition) is 1. The SMILES string of the molecule is CCC1CCCCN1CCCNC(=O)Cc1ccc(OC)c(C)c1. The first-order valence-corrected chi connectivity index (χ1v) is 9.28. The minimum Gasteiger partial charge on any atom is -0.496 e. The summed E-state index contributed by atoms with van der Waals surface area (Å²) in [6, 6.07) is 6.67. The van der Waals surface area contributed by atoms with E-state index < -0.39 is 0 Å². The predicted octanol–water partition coefficient (Wildman–Crippen LogP) is 3.32. The van der Waals surface area contributed by atoms with Gasteiger partial charge in [0.2, 0.25) is 5.91 Å². The van der Waals surface area contributed by atoms with Crippen LogP contribution in [0, 0.1) is 6.92 Å². The number of likely N-dealkylation sites (tertiary alicyclic amines) is 1. The molecule has 1 unspecified atom stereocenters. The first kappa shape index (κ1) is 18.8. The summed E-state index contributed by atoms with van der Waals surface area (Å²) < 4.78 is 5.25. The van der Waals surface area contributed by atoms with E-state index in [1.807, 2.05) is 25.1 Å². The number of rotatable bonds is 8. The van der Waals surface area contributed by atoms with Crippen LogP contribution in [0.2, 0.25) is 0 Å². The normalized spacial score (nSPS) is 18.4. The molecule has 1 aromatic rings. The molecule has 1 aliphatic heterocycles. The lowest BCUT2D eigenvalue weighted by atomic mass is 10.00. The van der Waals surface area contributed by atoms with Crippen LogP contribution in [0.3, 0.4) is 0 Å². The molecule has 0 radical (unpaired) electrons. The number of hydrogen-bond acceptors (Lipinski definition) is 3.